The first-order valence-electron chi connectivity index (χ1n) is 10.7. The third-order valence-corrected chi connectivity index (χ3v) is 5.40. The highest BCUT2D eigenvalue weighted by molar-refractivity contribution is 6.33. The lowest BCUT2D eigenvalue weighted by Crippen LogP contribution is -2.25. The van der Waals surface area contributed by atoms with Gasteiger partial charge in [-0.25, -0.2) is 24.6 Å². The average Bonchev–Trinajstić information content (AvgIpc) is 2.89. The summed E-state index contributed by atoms with van der Waals surface area (Å²) in [4.78, 5) is 21.4. The van der Waals surface area contributed by atoms with Gasteiger partial charge >= 0.3 is 6.03 Å². The zero-order valence-corrected chi connectivity index (χ0v) is 20.1. The molecule has 0 fully saturated rings. The Morgan fingerprint density at radius 2 is 1.72 bits per heavy atom. The minimum Gasteiger partial charge on any atom is -0.497 e. The molecule has 0 aliphatic rings. The largest absolute Gasteiger partial charge is 0.497 e. The molecule has 0 atom stereocenters. The van der Waals surface area contributed by atoms with Gasteiger partial charge in [0.25, 0.3) is 0 Å². The van der Waals surface area contributed by atoms with Gasteiger partial charge in [-0.15, -0.1) is 0 Å². The summed E-state index contributed by atoms with van der Waals surface area (Å²) in [5.41, 5.74) is 5.21. The van der Waals surface area contributed by atoms with E-state index in [9.17, 15) is 9.18 Å². The van der Waals surface area contributed by atoms with Gasteiger partial charge in [0.1, 0.15) is 17.3 Å². The van der Waals surface area contributed by atoms with Crippen LogP contribution in [0.1, 0.15) is 5.56 Å². The van der Waals surface area contributed by atoms with Gasteiger partial charge in [0.05, 0.1) is 31.8 Å². The average molecular weight is 506 g/mol. The highest BCUT2D eigenvalue weighted by Gasteiger charge is 2.15. The molecule has 182 valence electrons. The summed E-state index contributed by atoms with van der Waals surface area (Å²) in [6, 6.07) is 19.2. The molecular weight excluding hydrogens is 485 g/mol. The predicted molar refractivity (Wildman–Crippen MR) is 137 cm³/mol. The highest BCUT2D eigenvalue weighted by atomic mass is 35.5. The van der Waals surface area contributed by atoms with E-state index < -0.39 is 6.03 Å². The first kappa shape index (κ1) is 24.6. The van der Waals surface area contributed by atoms with Crippen molar-refractivity contribution in [1.29, 1.82) is 0 Å². The summed E-state index contributed by atoms with van der Waals surface area (Å²) in [7, 11) is 3.09. The maximum absolute atomic E-state index is 13.5. The SMILES string of the molecule is COc1ccc(-c2cc(-c3ccc(F)cc3)nc(NC(=O)N/N=C\c3ccccc3Cl)n2)c(OC)c1. The number of benzene rings is 3. The highest BCUT2D eigenvalue weighted by Crippen LogP contribution is 2.34. The molecule has 2 N–H and O–H groups in total. The monoisotopic (exact) mass is 505 g/mol. The Hall–Kier alpha value is -4.50. The number of ether oxygens (including phenoxy) is 2. The third-order valence-electron chi connectivity index (χ3n) is 5.05. The van der Waals surface area contributed by atoms with Gasteiger partial charge in [0.2, 0.25) is 5.95 Å². The number of nitrogens with zero attached hydrogens (tertiary/aromatic N) is 3. The van der Waals surface area contributed by atoms with Crippen LogP contribution < -0.4 is 20.2 Å². The van der Waals surface area contributed by atoms with E-state index in [1.54, 1.807) is 67.8 Å². The van der Waals surface area contributed by atoms with Crippen LogP contribution in [0.5, 0.6) is 11.5 Å². The molecule has 4 aromatic rings. The van der Waals surface area contributed by atoms with Crippen molar-refractivity contribution in [3.05, 3.63) is 89.2 Å². The molecule has 0 saturated carbocycles. The predicted octanol–water partition coefficient (Wildman–Crippen LogP) is 5.78. The van der Waals surface area contributed by atoms with Gasteiger partial charge < -0.3 is 9.47 Å². The van der Waals surface area contributed by atoms with Crippen LogP contribution in [0.2, 0.25) is 5.02 Å². The fourth-order valence-electron chi connectivity index (χ4n) is 3.29. The molecule has 0 radical (unpaired) electrons. The van der Waals surface area contributed by atoms with Crippen LogP contribution in [0.15, 0.2) is 77.9 Å². The van der Waals surface area contributed by atoms with Crippen molar-refractivity contribution < 1.29 is 18.7 Å². The second-order valence-electron chi connectivity index (χ2n) is 7.38. The number of rotatable bonds is 7. The summed E-state index contributed by atoms with van der Waals surface area (Å²) >= 11 is 6.09. The van der Waals surface area contributed by atoms with E-state index in [0.717, 1.165) is 0 Å². The second-order valence-corrected chi connectivity index (χ2v) is 7.79. The number of hydrogen-bond acceptors (Lipinski definition) is 6. The lowest BCUT2D eigenvalue weighted by molar-refractivity contribution is 0.252. The van der Waals surface area contributed by atoms with Crippen LogP contribution in [0.3, 0.4) is 0 Å². The zero-order valence-electron chi connectivity index (χ0n) is 19.3. The fourth-order valence-corrected chi connectivity index (χ4v) is 3.47. The molecule has 0 aliphatic carbocycles. The molecule has 1 aromatic heterocycles. The molecule has 36 heavy (non-hydrogen) atoms. The van der Waals surface area contributed by atoms with Crippen molar-refractivity contribution in [1.82, 2.24) is 15.4 Å². The molecule has 0 aliphatic heterocycles. The normalized spacial score (nSPS) is 10.8. The van der Waals surface area contributed by atoms with Crippen molar-refractivity contribution in [2.75, 3.05) is 19.5 Å². The number of carbonyl (C=O) groups is 1. The maximum Gasteiger partial charge on any atom is 0.342 e. The second kappa shape index (κ2) is 11.3. The van der Waals surface area contributed by atoms with Crippen LogP contribution in [-0.4, -0.2) is 36.4 Å². The van der Waals surface area contributed by atoms with Crippen LogP contribution in [0, 0.1) is 5.82 Å². The molecule has 3 aromatic carbocycles. The van der Waals surface area contributed by atoms with E-state index >= 15 is 0 Å². The molecule has 0 saturated heterocycles. The quantitative estimate of drug-likeness (QED) is 0.245. The Morgan fingerprint density at radius 1 is 0.972 bits per heavy atom. The molecule has 8 nitrogen and oxygen atoms in total. The lowest BCUT2D eigenvalue weighted by Gasteiger charge is -2.13. The Balaban J connectivity index is 1.65. The van der Waals surface area contributed by atoms with Crippen LogP contribution in [-0.2, 0) is 0 Å². The Bertz CT molecular complexity index is 1410. The van der Waals surface area contributed by atoms with Gasteiger partial charge in [-0.05, 0) is 48.5 Å². The van der Waals surface area contributed by atoms with E-state index in [1.165, 1.54) is 25.5 Å². The Kier molecular flexibility index (Phi) is 7.72. The summed E-state index contributed by atoms with van der Waals surface area (Å²) in [6.07, 6.45) is 1.42. The minimum absolute atomic E-state index is 0.00939. The summed E-state index contributed by atoms with van der Waals surface area (Å²) in [6.45, 7) is 0. The molecule has 4 rings (SSSR count). The number of nitrogens with one attached hydrogen (secondary N) is 2. The summed E-state index contributed by atoms with van der Waals surface area (Å²) < 4.78 is 24.3. The first-order valence-corrected chi connectivity index (χ1v) is 11.1. The maximum atomic E-state index is 13.5. The lowest BCUT2D eigenvalue weighted by atomic mass is 10.1. The molecule has 1 heterocycles. The van der Waals surface area contributed by atoms with Crippen molar-refractivity contribution in [2.45, 2.75) is 0 Å². The Morgan fingerprint density at radius 3 is 2.44 bits per heavy atom. The van der Waals surface area contributed by atoms with E-state index in [0.29, 0.717) is 44.6 Å². The third kappa shape index (κ3) is 5.94. The number of anilines is 1. The number of hydrazone groups is 1. The van der Waals surface area contributed by atoms with Gasteiger partial charge in [0, 0.05) is 27.8 Å². The van der Waals surface area contributed by atoms with Crippen LogP contribution in [0.25, 0.3) is 22.5 Å². The van der Waals surface area contributed by atoms with Crippen molar-refractivity contribution in [3.8, 4) is 34.0 Å². The van der Waals surface area contributed by atoms with Crippen molar-refractivity contribution in [3.63, 3.8) is 0 Å². The molecule has 10 heteroatoms. The molecule has 0 bridgehead atoms. The summed E-state index contributed by atoms with van der Waals surface area (Å²) in [5.74, 6) is 0.754. The van der Waals surface area contributed by atoms with Crippen LogP contribution in [0.4, 0.5) is 15.1 Å². The van der Waals surface area contributed by atoms with Crippen molar-refractivity contribution >= 4 is 29.8 Å². The van der Waals surface area contributed by atoms with Gasteiger partial charge in [-0.1, -0.05) is 29.8 Å². The number of carbonyl (C=O) groups excluding carboxylic acids is 1. The van der Waals surface area contributed by atoms with E-state index in [1.807, 2.05) is 0 Å². The van der Waals surface area contributed by atoms with E-state index in [4.69, 9.17) is 21.1 Å². The Labute approximate surface area is 211 Å². The topological polar surface area (TPSA) is 97.7 Å². The number of hydrogen-bond donors (Lipinski definition) is 2. The summed E-state index contributed by atoms with van der Waals surface area (Å²) in [5, 5.41) is 6.99. The standard InChI is InChI=1S/C26H21ClFN5O3/c1-35-19-11-12-20(24(13-19)36-2)23-14-22(16-7-9-18(28)10-8-16)30-25(31-23)32-26(34)33-29-15-17-5-3-4-6-21(17)27/h3-15H,1-2H3,(H2,30,31,32,33,34)/b29-15-. The zero-order chi connectivity index (χ0) is 25.5. The first-order chi connectivity index (χ1) is 17.5. The fraction of sp³-hybridized carbons (Fsp3) is 0.0769. The van der Waals surface area contributed by atoms with E-state index in [-0.39, 0.29) is 11.8 Å². The minimum atomic E-state index is -0.665. The smallest absolute Gasteiger partial charge is 0.342 e. The van der Waals surface area contributed by atoms with Crippen molar-refractivity contribution in [2.24, 2.45) is 5.10 Å². The van der Waals surface area contributed by atoms with Gasteiger partial charge in [-0.2, -0.15) is 5.10 Å². The molecule has 0 spiro atoms. The molecule has 0 unspecified atom stereocenters. The van der Waals surface area contributed by atoms with Crippen LogP contribution >= 0.6 is 11.6 Å². The van der Waals surface area contributed by atoms with Gasteiger partial charge in [-0.3, -0.25) is 5.32 Å². The van der Waals surface area contributed by atoms with Gasteiger partial charge in [0.15, 0.2) is 0 Å². The number of urea groups is 1. The number of amides is 2. The molecule has 2 amide bonds. The number of methoxy groups -OCH3 is 2. The number of aromatic nitrogens is 2. The number of halogens is 2. The molecular formula is C26H21ClFN5O3. The van der Waals surface area contributed by atoms with E-state index in [2.05, 4.69) is 25.8 Å².